The van der Waals surface area contributed by atoms with Gasteiger partial charge in [0.05, 0.1) is 11.4 Å². The number of carbonyl (C=O) groups is 1. The van der Waals surface area contributed by atoms with Crippen LogP contribution in [0.2, 0.25) is 0 Å². The van der Waals surface area contributed by atoms with Gasteiger partial charge in [-0.3, -0.25) is 18.8 Å². The van der Waals surface area contributed by atoms with Gasteiger partial charge in [-0.15, -0.1) is 0 Å². The predicted molar refractivity (Wildman–Crippen MR) is 141 cm³/mol. The van der Waals surface area contributed by atoms with Crippen molar-refractivity contribution < 1.29 is 4.79 Å². The van der Waals surface area contributed by atoms with Gasteiger partial charge in [-0.25, -0.2) is 9.97 Å². The summed E-state index contributed by atoms with van der Waals surface area (Å²) in [6, 6.07) is 17.9. The fourth-order valence-electron chi connectivity index (χ4n) is 4.12. The van der Waals surface area contributed by atoms with Crippen molar-refractivity contribution in [1.29, 1.82) is 0 Å². The molecule has 0 unspecified atom stereocenters. The number of nitrogens with zero attached hydrogens (tertiary/aromatic N) is 5. The highest BCUT2D eigenvalue weighted by atomic mass is 16.2. The Hall–Kier alpha value is -5.23. The summed E-state index contributed by atoms with van der Waals surface area (Å²) >= 11 is 0. The third kappa shape index (κ3) is 4.68. The van der Waals surface area contributed by atoms with Crippen LogP contribution in [0.3, 0.4) is 0 Å². The van der Waals surface area contributed by atoms with E-state index in [4.69, 9.17) is 5.73 Å². The number of hydrogen-bond acceptors (Lipinski definition) is 6. The molecule has 0 aliphatic rings. The number of pyridine rings is 1. The lowest BCUT2D eigenvalue weighted by Crippen LogP contribution is -2.33. The van der Waals surface area contributed by atoms with E-state index < -0.39 is 11.9 Å². The van der Waals surface area contributed by atoms with Gasteiger partial charge in [0.15, 0.2) is 11.5 Å². The average molecular weight is 490 g/mol. The number of aryl methyl sites for hydroxylation is 1. The van der Waals surface area contributed by atoms with Gasteiger partial charge in [-0.1, -0.05) is 36.3 Å². The Kier molecular flexibility index (Phi) is 6.22. The number of hydrogen-bond donors (Lipinski definition) is 2. The molecule has 0 aliphatic carbocycles. The van der Waals surface area contributed by atoms with E-state index in [2.05, 4.69) is 32.2 Å². The Morgan fingerprint density at radius 2 is 1.81 bits per heavy atom. The summed E-state index contributed by atoms with van der Waals surface area (Å²) in [6.45, 7) is 1.80. The third-order valence-corrected chi connectivity index (χ3v) is 5.86. The first-order valence-electron chi connectivity index (χ1n) is 11.6. The highest BCUT2D eigenvalue weighted by molar-refractivity contribution is 5.96. The molecular weight excluding hydrogens is 466 g/mol. The molecule has 5 rings (SSSR count). The fourth-order valence-corrected chi connectivity index (χ4v) is 4.12. The van der Waals surface area contributed by atoms with Crippen LogP contribution in [0.4, 0.5) is 5.82 Å². The molecule has 3 heterocycles. The van der Waals surface area contributed by atoms with E-state index in [-0.39, 0.29) is 17.1 Å². The van der Waals surface area contributed by atoms with Crippen molar-refractivity contribution in [3.05, 3.63) is 112 Å². The molecule has 1 amide bonds. The van der Waals surface area contributed by atoms with Crippen molar-refractivity contribution in [2.45, 2.75) is 13.0 Å². The molecule has 0 saturated heterocycles. The molecular formula is C28H23N7O2. The number of para-hydroxylation sites is 1. The molecule has 0 radical (unpaired) electrons. The van der Waals surface area contributed by atoms with Crippen molar-refractivity contribution >= 4 is 22.5 Å². The Balaban J connectivity index is 1.65. The van der Waals surface area contributed by atoms with Gasteiger partial charge >= 0.3 is 0 Å². The first kappa shape index (κ1) is 23.5. The van der Waals surface area contributed by atoms with Gasteiger partial charge in [0.2, 0.25) is 0 Å². The second-order valence-electron chi connectivity index (χ2n) is 8.43. The molecule has 9 nitrogen and oxygen atoms in total. The lowest BCUT2D eigenvalue weighted by Gasteiger charge is -2.21. The molecule has 9 heteroatoms. The maximum Gasteiger partial charge on any atom is 0.274 e. The molecule has 1 atom stereocenters. The topological polar surface area (TPSA) is 121 Å². The maximum absolute atomic E-state index is 14.0. The van der Waals surface area contributed by atoms with Crippen LogP contribution >= 0.6 is 0 Å². The highest BCUT2D eigenvalue weighted by Crippen LogP contribution is 2.23. The van der Waals surface area contributed by atoms with Crippen molar-refractivity contribution in [2.24, 2.45) is 7.05 Å². The van der Waals surface area contributed by atoms with Crippen LogP contribution in [-0.4, -0.2) is 30.2 Å². The zero-order chi connectivity index (χ0) is 25.9. The van der Waals surface area contributed by atoms with Gasteiger partial charge in [-0.2, -0.15) is 5.10 Å². The molecule has 3 N–H and O–H groups in total. The van der Waals surface area contributed by atoms with Gasteiger partial charge in [0.1, 0.15) is 5.69 Å². The number of aromatic nitrogens is 5. The lowest BCUT2D eigenvalue weighted by molar-refractivity contribution is 0.0934. The lowest BCUT2D eigenvalue weighted by atomic mass is 10.0. The molecule has 0 bridgehead atoms. The van der Waals surface area contributed by atoms with Gasteiger partial charge in [-0.05, 0) is 48.6 Å². The number of amides is 1. The molecule has 182 valence electrons. The third-order valence-electron chi connectivity index (χ3n) is 5.86. The van der Waals surface area contributed by atoms with E-state index in [1.165, 1.54) is 12.4 Å². The van der Waals surface area contributed by atoms with Crippen LogP contribution in [0.25, 0.3) is 16.5 Å². The smallest absolute Gasteiger partial charge is 0.274 e. The SMILES string of the molecule is C[C@@H](NC(=O)c1nccnc1N)c1cc2cccc(C#Cc3ccn(C)n3)c2c(=O)n1-c1ccccc1. The summed E-state index contributed by atoms with van der Waals surface area (Å²) in [7, 11) is 1.82. The van der Waals surface area contributed by atoms with Crippen molar-refractivity contribution in [1.82, 2.24) is 29.6 Å². The summed E-state index contributed by atoms with van der Waals surface area (Å²) < 4.78 is 3.27. The van der Waals surface area contributed by atoms with E-state index in [1.807, 2.05) is 73.9 Å². The molecule has 0 saturated carbocycles. The Morgan fingerprint density at radius 3 is 2.54 bits per heavy atom. The number of nitrogens with one attached hydrogen (secondary N) is 1. The first-order chi connectivity index (χ1) is 17.9. The minimum atomic E-state index is -0.561. The maximum atomic E-state index is 14.0. The van der Waals surface area contributed by atoms with Crippen molar-refractivity contribution in [2.75, 3.05) is 5.73 Å². The first-order valence-corrected chi connectivity index (χ1v) is 11.6. The summed E-state index contributed by atoms with van der Waals surface area (Å²) in [4.78, 5) is 34.9. The largest absolute Gasteiger partial charge is 0.382 e. The van der Waals surface area contributed by atoms with Crippen LogP contribution in [0.5, 0.6) is 0 Å². The summed E-state index contributed by atoms with van der Waals surface area (Å²) in [5.74, 6) is 5.69. The second-order valence-corrected chi connectivity index (χ2v) is 8.43. The zero-order valence-electron chi connectivity index (χ0n) is 20.2. The van der Waals surface area contributed by atoms with Crippen LogP contribution in [0.1, 0.15) is 40.4 Å². The van der Waals surface area contributed by atoms with Gasteiger partial charge in [0.25, 0.3) is 11.5 Å². The van der Waals surface area contributed by atoms with E-state index in [0.29, 0.717) is 33.4 Å². The van der Waals surface area contributed by atoms with Gasteiger partial charge in [0, 0.05) is 42.6 Å². The minimum Gasteiger partial charge on any atom is -0.382 e. The average Bonchev–Trinajstić information content (AvgIpc) is 3.32. The second kappa shape index (κ2) is 9.79. The van der Waals surface area contributed by atoms with Crippen LogP contribution in [0.15, 0.2) is 84.0 Å². The van der Waals surface area contributed by atoms with Crippen LogP contribution < -0.4 is 16.6 Å². The monoisotopic (exact) mass is 489 g/mol. The fraction of sp³-hybridized carbons (Fsp3) is 0.107. The Bertz CT molecular complexity index is 1740. The Labute approximate surface area is 212 Å². The molecule has 0 spiro atoms. The van der Waals surface area contributed by atoms with E-state index >= 15 is 0 Å². The van der Waals surface area contributed by atoms with Crippen molar-refractivity contribution in [3.8, 4) is 17.5 Å². The number of rotatable bonds is 4. The van der Waals surface area contributed by atoms with E-state index in [9.17, 15) is 9.59 Å². The normalized spacial score (nSPS) is 11.5. The van der Waals surface area contributed by atoms with Crippen LogP contribution in [-0.2, 0) is 7.05 Å². The van der Waals surface area contributed by atoms with Crippen molar-refractivity contribution in [3.63, 3.8) is 0 Å². The standard InChI is InChI=1S/C28H23N7O2/c1-18(32-27(36)25-26(29)31-15-14-30-25)23-17-20-8-6-7-19(11-12-21-13-16-34(2)33-21)24(20)28(37)35(23)22-9-4-3-5-10-22/h3-10,13-18H,1-2H3,(H2,29,31)(H,32,36)/t18-/m1/s1. The Morgan fingerprint density at radius 1 is 1.03 bits per heavy atom. The number of nitrogens with two attached hydrogens (primary N) is 1. The molecule has 37 heavy (non-hydrogen) atoms. The van der Waals surface area contributed by atoms with E-state index in [0.717, 1.165) is 0 Å². The summed E-state index contributed by atoms with van der Waals surface area (Å²) in [5.41, 5.74) is 8.07. The number of benzene rings is 2. The molecule has 0 aliphatic heterocycles. The predicted octanol–water partition coefficient (Wildman–Crippen LogP) is 2.99. The summed E-state index contributed by atoms with van der Waals surface area (Å²) in [5, 5.41) is 8.38. The number of carbonyl (C=O) groups excluding carboxylic acids is 1. The highest BCUT2D eigenvalue weighted by Gasteiger charge is 2.21. The van der Waals surface area contributed by atoms with Gasteiger partial charge < -0.3 is 11.1 Å². The molecule has 0 fully saturated rings. The quantitative estimate of drug-likeness (QED) is 0.375. The molecule has 5 aromatic rings. The number of anilines is 1. The number of fused-ring (bicyclic) bond motifs is 1. The minimum absolute atomic E-state index is 0.0239. The number of nitrogen functional groups attached to an aromatic ring is 1. The van der Waals surface area contributed by atoms with E-state index in [1.54, 1.807) is 16.2 Å². The summed E-state index contributed by atoms with van der Waals surface area (Å²) in [6.07, 6.45) is 4.63. The zero-order valence-corrected chi connectivity index (χ0v) is 20.2. The molecule has 2 aromatic carbocycles. The molecule has 3 aromatic heterocycles. The van der Waals surface area contributed by atoms with Crippen LogP contribution in [0, 0.1) is 11.8 Å².